The van der Waals surface area contributed by atoms with Crippen molar-refractivity contribution in [2.45, 2.75) is 12.5 Å². The molecule has 2 aromatic rings. The van der Waals surface area contributed by atoms with Crippen molar-refractivity contribution in [3.05, 3.63) is 65.2 Å². The van der Waals surface area contributed by atoms with Crippen molar-refractivity contribution in [2.24, 2.45) is 5.73 Å². The average Bonchev–Trinajstić information content (AvgIpc) is 2.86. The third-order valence-corrected chi connectivity index (χ3v) is 3.84. The molecule has 1 aliphatic heterocycles. The summed E-state index contributed by atoms with van der Waals surface area (Å²) in [5, 5.41) is 0. The maximum Gasteiger partial charge on any atom is 0.131 e. The molecule has 1 unspecified atom stereocenters. The molecule has 0 radical (unpaired) electrons. The van der Waals surface area contributed by atoms with Crippen LogP contribution in [0.2, 0.25) is 0 Å². The number of para-hydroxylation sites is 1. The first kappa shape index (κ1) is 13.1. The van der Waals surface area contributed by atoms with Gasteiger partial charge in [-0.05, 0) is 24.1 Å². The summed E-state index contributed by atoms with van der Waals surface area (Å²) in [6.45, 7) is 1.09. The van der Waals surface area contributed by atoms with Crippen LogP contribution in [0.3, 0.4) is 0 Å². The number of nitrogens with two attached hydrogens (primary N) is 1. The van der Waals surface area contributed by atoms with Crippen molar-refractivity contribution < 1.29 is 8.78 Å². The Balaban J connectivity index is 1.99. The lowest BCUT2D eigenvalue weighted by molar-refractivity contribution is 0.544. The summed E-state index contributed by atoms with van der Waals surface area (Å²) in [6, 6.07) is 11.5. The van der Waals surface area contributed by atoms with Crippen molar-refractivity contribution in [3.63, 3.8) is 0 Å². The average molecular weight is 274 g/mol. The highest BCUT2D eigenvalue weighted by atomic mass is 19.1. The van der Waals surface area contributed by atoms with Gasteiger partial charge in [0.25, 0.3) is 0 Å². The van der Waals surface area contributed by atoms with Crippen LogP contribution in [0.4, 0.5) is 14.5 Å². The fourth-order valence-electron chi connectivity index (χ4n) is 2.88. The first-order valence-corrected chi connectivity index (χ1v) is 6.70. The van der Waals surface area contributed by atoms with Crippen LogP contribution >= 0.6 is 0 Å². The SMILES string of the molecule is NCC(c1ccc(F)cc1F)N1CCc2ccccc21. The first-order chi connectivity index (χ1) is 9.70. The van der Waals surface area contributed by atoms with Gasteiger partial charge in [-0.3, -0.25) is 0 Å². The van der Waals surface area contributed by atoms with Crippen LogP contribution < -0.4 is 10.6 Å². The molecule has 1 aliphatic rings. The highest BCUT2D eigenvalue weighted by Crippen LogP contribution is 2.35. The minimum Gasteiger partial charge on any atom is -0.363 e. The monoisotopic (exact) mass is 274 g/mol. The van der Waals surface area contributed by atoms with E-state index in [4.69, 9.17) is 5.73 Å². The quantitative estimate of drug-likeness (QED) is 0.932. The molecule has 104 valence electrons. The van der Waals surface area contributed by atoms with Gasteiger partial charge in [0.2, 0.25) is 0 Å². The number of halogens is 2. The van der Waals surface area contributed by atoms with E-state index in [2.05, 4.69) is 11.0 Å². The summed E-state index contributed by atoms with van der Waals surface area (Å²) in [5.41, 5.74) is 8.63. The predicted octanol–water partition coefficient (Wildman–Crippen LogP) is 3.03. The van der Waals surface area contributed by atoms with Crippen LogP contribution in [-0.2, 0) is 6.42 Å². The van der Waals surface area contributed by atoms with E-state index in [-0.39, 0.29) is 12.6 Å². The maximum atomic E-state index is 14.0. The molecule has 0 aromatic heterocycles. The Bertz CT molecular complexity index is 628. The van der Waals surface area contributed by atoms with Gasteiger partial charge in [-0.1, -0.05) is 24.3 Å². The summed E-state index contributed by atoms with van der Waals surface area (Å²) in [5.74, 6) is -1.10. The lowest BCUT2D eigenvalue weighted by atomic mass is 10.0. The van der Waals surface area contributed by atoms with Crippen molar-refractivity contribution in [2.75, 3.05) is 18.0 Å². The molecule has 2 aromatic carbocycles. The minimum absolute atomic E-state index is 0.265. The Morgan fingerprint density at radius 1 is 1.15 bits per heavy atom. The van der Waals surface area contributed by atoms with Gasteiger partial charge in [0, 0.05) is 30.4 Å². The largest absolute Gasteiger partial charge is 0.363 e. The van der Waals surface area contributed by atoms with Crippen molar-refractivity contribution in [3.8, 4) is 0 Å². The van der Waals surface area contributed by atoms with Gasteiger partial charge < -0.3 is 10.6 Å². The van der Waals surface area contributed by atoms with E-state index in [0.717, 1.165) is 24.7 Å². The van der Waals surface area contributed by atoms with E-state index in [9.17, 15) is 8.78 Å². The van der Waals surface area contributed by atoms with Crippen LogP contribution in [0.15, 0.2) is 42.5 Å². The zero-order valence-electron chi connectivity index (χ0n) is 11.0. The maximum absolute atomic E-state index is 14.0. The number of benzene rings is 2. The smallest absolute Gasteiger partial charge is 0.131 e. The van der Waals surface area contributed by atoms with Crippen LogP contribution in [-0.4, -0.2) is 13.1 Å². The molecule has 0 amide bonds. The first-order valence-electron chi connectivity index (χ1n) is 6.70. The Morgan fingerprint density at radius 3 is 2.70 bits per heavy atom. The zero-order chi connectivity index (χ0) is 14.1. The summed E-state index contributed by atoms with van der Waals surface area (Å²) in [4.78, 5) is 2.10. The van der Waals surface area contributed by atoms with Crippen molar-refractivity contribution >= 4 is 5.69 Å². The second kappa shape index (κ2) is 5.21. The van der Waals surface area contributed by atoms with Gasteiger partial charge in [-0.25, -0.2) is 8.78 Å². The molecule has 0 fully saturated rings. The number of fused-ring (bicyclic) bond motifs is 1. The molecule has 4 heteroatoms. The molecular formula is C16H16F2N2. The second-order valence-electron chi connectivity index (χ2n) is 4.99. The molecule has 2 N–H and O–H groups in total. The number of hydrogen-bond acceptors (Lipinski definition) is 2. The molecular weight excluding hydrogens is 258 g/mol. The fourth-order valence-corrected chi connectivity index (χ4v) is 2.88. The van der Waals surface area contributed by atoms with Gasteiger partial charge >= 0.3 is 0 Å². The van der Waals surface area contributed by atoms with Crippen LogP contribution in [0.5, 0.6) is 0 Å². The Hall–Kier alpha value is -1.94. The van der Waals surface area contributed by atoms with Crippen molar-refractivity contribution in [1.29, 1.82) is 0 Å². The van der Waals surface area contributed by atoms with E-state index >= 15 is 0 Å². The van der Waals surface area contributed by atoms with Crippen molar-refractivity contribution in [1.82, 2.24) is 0 Å². The molecule has 1 atom stereocenters. The Morgan fingerprint density at radius 2 is 1.95 bits per heavy atom. The number of anilines is 1. The molecule has 1 heterocycles. The van der Waals surface area contributed by atoms with Gasteiger partial charge in [-0.2, -0.15) is 0 Å². The molecule has 0 saturated carbocycles. The van der Waals surface area contributed by atoms with E-state index in [1.54, 1.807) is 0 Å². The molecule has 0 spiro atoms. The van der Waals surface area contributed by atoms with Gasteiger partial charge in [-0.15, -0.1) is 0 Å². The summed E-state index contributed by atoms with van der Waals surface area (Å²) < 4.78 is 27.0. The van der Waals surface area contributed by atoms with Gasteiger partial charge in [0.15, 0.2) is 0 Å². The van der Waals surface area contributed by atoms with E-state index < -0.39 is 11.6 Å². The molecule has 20 heavy (non-hydrogen) atoms. The number of hydrogen-bond donors (Lipinski definition) is 1. The third kappa shape index (κ3) is 2.16. The van der Waals surface area contributed by atoms with Crippen LogP contribution in [0.25, 0.3) is 0 Å². The Kier molecular flexibility index (Phi) is 3.40. The lowest BCUT2D eigenvalue weighted by Crippen LogP contribution is -2.33. The standard InChI is InChI=1S/C16H16F2N2/c17-12-5-6-13(14(18)9-12)16(10-19)20-8-7-11-3-1-2-4-15(11)20/h1-6,9,16H,7-8,10,19H2. The fraction of sp³-hybridized carbons (Fsp3) is 0.250. The van der Waals surface area contributed by atoms with Gasteiger partial charge in [0.05, 0.1) is 6.04 Å². The summed E-state index contributed by atoms with van der Waals surface area (Å²) in [7, 11) is 0. The highest BCUT2D eigenvalue weighted by molar-refractivity contribution is 5.59. The predicted molar refractivity (Wildman–Crippen MR) is 75.6 cm³/mol. The second-order valence-corrected chi connectivity index (χ2v) is 4.99. The van der Waals surface area contributed by atoms with Crippen LogP contribution in [0, 0.1) is 11.6 Å². The molecule has 0 saturated heterocycles. The Labute approximate surface area is 116 Å². The molecule has 0 bridgehead atoms. The third-order valence-electron chi connectivity index (χ3n) is 3.84. The topological polar surface area (TPSA) is 29.3 Å². The number of nitrogens with zero attached hydrogens (tertiary/aromatic N) is 1. The lowest BCUT2D eigenvalue weighted by Gasteiger charge is -2.30. The molecule has 0 aliphatic carbocycles. The van der Waals surface area contributed by atoms with E-state index in [1.165, 1.54) is 17.7 Å². The summed E-state index contributed by atoms with van der Waals surface area (Å²) >= 11 is 0. The zero-order valence-corrected chi connectivity index (χ0v) is 11.0. The van der Waals surface area contributed by atoms with E-state index in [0.29, 0.717) is 5.56 Å². The number of rotatable bonds is 3. The minimum atomic E-state index is -0.566. The summed E-state index contributed by atoms with van der Waals surface area (Å²) in [6.07, 6.45) is 0.926. The highest BCUT2D eigenvalue weighted by Gasteiger charge is 2.27. The normalized spacial score (nSPS) is 15.2. The van der Waals surface area contributed by atoms with E-state index in [1.807, 2.05) is 18.2 Å². The van der Waals surface area contributed by atoms with Gasteiger partial charge in [0.1, 0.15) is 11.6 Å². The molecule has 2 nitrogen and oxygen atoms in total. The molecule has 3 rings (SSSR count). The van der Waals surface area contributed by atoms with Crippen LogP contribution in [0.1, 0.15) is 17.2 Å².